The molecular formula is C86H140N2O22. The third kappa shape index (κ3) is 24.3. The summed E-state index contributed by atoms with van der Waals surface area (Å²) in [5, 5.41) is 46.3. The summed E-state index contributed by atoms with van der Waals surface area (Å²) in [5.41, 5.74) is 3.58. The molecule has 0 spiro atoms. The highest BCUT2D eigenvalue weighted by Gasteiger charge is 2.59. The molecule has 2 aliphatic carbocycles. The maximum Gasteiger partial charge on any atom is 0.329 e. The number of likely N-dealkylation sites (tertiary alicyclic amines) is 2. The molecule has 24 heteroatoms. The van der Waals surface area contributed by atoms with Crippen LogP contribution in [0.2, 0.25) is 0 Å². The van der Waals surface area contributed by atoms with Gasteiger partial charge in [0.2, 0.25) is 11.6 Å². The third-order valence-electron chi connectivity index (χ3n) is 24.7. The van der Waals surface area contributed by atoms with Gasteiger partial charge in [-0.05, 0) is 165 Å². The van der Waals surface area contributed by atoms with Crippen molar-refractivity contribution >= 4 is 46.9 Å². The van der Waals surface area contributed by atoms with Crippen molar-refractivity contribution in [2.24, 2.45) is 59.2 Å². The number of rotatable bonds is 37. The minimum absolute atomic E-state index is 0.0808. The molecule has 0 radical (unpaired) electrons. The number of aliphatic hydroxyl groups excluding tert-OH is 2. The van der Waals surface area contributed by atoms with E-state index in [1.165, 1.54) is 39.4 Å². The second-order valence-electron chi connectivity index (χ2n) is 32.8. The lowest BCUT2D eigenvalue weighted by Gasteiger charge is -2.46. The maximum atomic E-state index is 14.1. The summed E-state index contributed by atoms with van der Waals surface area (Å²) in [7, 11) is 9.54. The topological polar surface area (TPSA) is 316 Å². The Bertz CT molecular complexity index is 3190. The van der Waals surface area contributed by atoms with Crippen LogP contribution in [0.15, 0.2) is 58.4 Å². The van der Waals surface area contributed by atoms with Crippen molar-refractivity contribution in [3.63, 3.8) is 0 Å². The number of allylic oxidation sites excluding steroid dienone is 7. The van der Waals surface area contributed by atoms with Crippen LogP contribution in [0.25, 0.3) is 0 Å². The van der Waals surface area contributed by atoms with E-state index in [9.17, 15) is 58.8 Å². The second kappa shape index (κ2) is 44.5. The first-order valence-electron chi connectivity index (χ1n) is 40.9. The Morgan fingerprint density at radius 2 is 0.927 bits per heavy atom. The van der Waals surface area contributed by atoms with Crippen LogP contribution in [0.3, 0.4) is 0 Å². The molecule has 25 unspecified atom stereocenters. The Balaban J connectivity index is 0.000000394. The van der Waals surface area contributed by atoms with Crippen molar-refractivity contribution in [2.75, 3.05) is 55.7 Å². The zero-order valence-electron chi connectivity index (χ0n) is 70.5. The predicted octanol–water partition coefficient (Wildman–Crippen LogP) is 12.2. The minimum Gasteiger partial charge on any atom is -0.512 e. The van der Waals surface area contributed by atoms with Gasteiger partial charge in [-0.3, -0.25) is 28.8 Å². The number of carbonyl (C=O) groups is 8. The lowest BCUT2D eigenvalue weighted by atomic mass is 9.79. The van der Waals surface area contributed by atoms with Crippen molar-refractivity contribution in [1.82, 2.24) is 9.80 Å². The highest BCUT2D eigenvalue weighted by molar-refractivity contribution is 6.39. The zero-order chi connectivity index (χ0) is 82.4. The van der Waals surface area contributed by atoms with E-state index in [1.807, 2.05) is 74.5 Å². The van der Waals surface area contributed by atoms with Crippen molar-refractivity contribution < 1.29 is 106 Å². The van der Waals surface area contributed by atoms with Crippen LogP contribution in [0, 0.1) is 59.2 Å². The molecule has 0 aromatic heterocycles. The number of Topliss-reactive ketones (excluding diaryl/α,β-unsaturated/α-hetero) is 3. The van der Waals surface area contributed by atoms with Crippen LogP contribution < -0.4 is 0 Å². The Morgan fingerprint density at radius 1 is 0.536 bits per heavy atom. The Kier molecular flexibility index (Phi) is 38.5. The van der Waals surface area contributed by atoms with Gasteiger partial charge in [-0.15, -0.1) is 0 Å². The highest BCUT2D eigenvalue weighted by Crippen LogP contribution is 2.42. The molecule has 6 rings (SSSR count). The summed E-state index contributed by atoms with van der Waals surface area (Å²) in [4.78, 5) is 113. The van der Waals surface area contributed by atoms with E-state index in [0.29, 0.717) is 43.1 Å². The molecule has 4 heterocycles. The van der Waals surface area contributed by atoms with Crippen LogP contribution in [0.1, 0.15) is 233 Å². The normalized spacial score (nSPS) is 31.9. The lowest BCUT2D eigenvalue weighted by molar-refractivity contribution is -0.302. The summed E-state index contributed by atoms with van der Waals surface area (Å²) < 4.78 is 58.7. The van der Waals surface area contributed by atoms with Crippen molar-refractivity contribution in [1.29, 1.82) is 0 Å². The Hall–Kier alpha value is -5.38. The molecule has 0 aromatic rings. The van der Waals surface area contributed by atoms with Gasteiger partial charge in [0.05, 0.1) is 48.6 Å². The molecule has 25 atom stereocenters. The van der Waals surface area contributed by atoms with Gasteiger partial charge in [0.25, 0.3) is 23.4 Å². The number of ketones is 4. The number of hydrogen-bond donors (Lipinski definition) is 4. The first-order chi connectivity index (χ1) is 51.9. The average molecular weight is 1550 g/mol. The molecule has 4 aliphatic heterocycles. The van der Waals surface area contributed by atoms with Gasteiger partial charge < -0.3 is 77.6 Å². The molecule has 24 nitrogen and oxygen atoms in total. The number of ether oxygens (including phenoxy) is 10. The first kappa shape index (κ1) is 95.2. The molecule has 0 bridgehead atoms. The van der Waals surface area contributed by atoms with Crippen molar-refractivity contribution in [3.8, 4) is 0 Å². The molecule has 6 fully saturated rings. The molecule has 626 valence electrons. The summed E-state index contributed by atoms with van der Waals surface area (Å²) >= 11 is 0. The molecule has 110 heavy (non-hydrogen) atoms. The molecular weight excluding hydrogens is 1410 g/mol. The Labute approximate surface area is 656 Å². The summed E-state index contributed by atoms with van der Waals surface area (Å²) in [6.45, 7) is 30.5. The van der Waals surface area contributed by atoms with E-state index in [1.54, 1.807) is 48.8 Å². The maximum absolute atomic E-state index is 14.1. The molecule has 6 aliphatic rings. The van der Waals surface area contributed by atoms with Gasteiger partial charge in [-0.2, -0.15) is 0 Å². The predicted molar refractivity (Wildman–Crippen MR) is 418 cm³/mol. The Morgan fingerprint density at radius 3 is 1.31 bits per heavy atom. The second-order valence-corrected chi connectivity index (χ2v) is 32.8. The van der Waals surface area contributed by atoms with E-state index >= 15 is 0 Å². The standard InChI is InChI=1S/C43H71NO11.C43H69NO11/c2*1-12-15-35(51-9)39-37(53-11)22-29(7)43(50,55-39)40(47)41(48)44-19-14-16-32(44)42(49)54-38(28(6)21-31-18-17-26(4)36(23-31)52-10)30(8)34(46)24-33(45)27(5)20-25(3)13-2/h20-21,26-27,29-32,34-39,46,50H,12-19,22-24H2,1-11H3;20-21,24,26-27,29-32,35-39,46,50H,12-19,22-23H2,1-11H3/b25-20+,28-21+;25-20+,28-21+,34-24-. The molecule has 0 aromatic carbocycles. The summed E-state index contributed by atoms with van der Waals surface area (Å²) in [6, 6.07) is -2.20. The van der Waals surface area contributed by atoms with Gasteiger partial charge in [-0.1, -0.05) is 131 Å². The molecule has 4 saturated heterocycles. The number of amides is 2. The SMILES string of the molecule is CCCC(OC)C1OC(O)(C(=O)C(=O)N2CCCC2C(=O)OC(/C(C)=C/C2CCC(C)C(OC)C2)C(C)/C(O)=C/C(=O)C(C)/C=C(\C)CC)C(C)CC1OC.CCCC(OC)C1OC(O)(C(=O)C(=O)N2CCCC2C(=O)OC(/C(C)=C/C2CCC(C)C(OC)C2)C(C)C(O)CC(=O)C(C)/C=C(\C)CC)C(C)CC1OC. The molecule has 2 saturated carbocycles. The van der Waals surface area contributed by atoms with Crippen LogP contribution in [0.5, 0.6) is 0 Å². The number of aliphatic hydroxyl groups is 4. The van der Waals surface area contributed by atoms with Crippen LogP contribution in [0.4, 0.5) is 0 Å². The van der Waals surface area contributed by atoms with Crippen LogP contribution in [-0.4, -0.2) is 224 Å². The fourth-order valence-corrected chi connectivity index (χ4v) is 16.9. The zero-order valence-corrected chi connectivity index (χ0v) is 70.5. The van der Waals surface area contributed by atoms with Crippen molar-refractivity contribution in [2.45, 2.75) is 324 Å². The van der Waals surface area contributed by atoms with Gasteiger partial charge in [-0.25, -0.2) is 9.59 Å². The van der Waals surface area contributed by atoms with E-state index in [-0.39, 0.29) is 92.5 Å². The lowest BCUT2D eigenvalue weighted by Crippen LogP contribution is -2.63. The number of carbonyl (C=O) groups excluding carboxylic acids is 8. The number of esters is 2. The fourth-order valence-electron chi connectivity index (χ4n) is 16.9. The van der Waals surface area contributed by atoms with Crippen molar-refractivity contribution in [3.05, 3.63) is 58.4 Å². The first-order valence-corrected chi connectivity index (χ1v) is 40.9. The van der Waals surface area contributed by atoms with Crippen LogP contribution >= 0.6 is 0 Å². The van der Waals surface area contributed by atoms with E-state index in [0.717, 1.165) is 85.8 Å². The smallest absolute Gasteiger partial charge is 0.329 e. The number of methoxy groups -OCH3 is 6. The van der Waals surface area contributed by atoms with Gasteiger partial charge in [0.1, 0.15) is 48.0 Å². The third-order valence-corrected chi connectivity index (χ3v) is 24.7. The number of nitrogens with zero attached hydrogens (tertiary/aromatic N) is 2. The summed E-state index contributed by atoms with van der Waals surface area (Å²) in [5.74, 6) is -14.1. The molecule has 2 amide bonds. The fraction of sp³-hybridized carbons (Fsp3) is 0.791. The van der Waals surface area contributed by atoms with Gasteiger partial charge in [0, 0.05) is 97.8 Å². The number of hydrogen-bond acceptors (Lipinski definition) is 22. The van der Waals surface area contributed by atoms with Gasteiger partial charge >= 0.3 is 11.9 Å². The quantitative estimate of drug-likeness (QED) is 0.0148. The largest absolute Gasteiger partial charge is 0.512 e. The van der Waals surface area contributed by atoms with Crippen LogP contribution in [-0.2, 0) is 85.7 Å². The van der Waals surface area contributed by atoms with Gasteiger partial charge in [0.15, 0.2) is 5.78 Å². The minimum atomic E-state index is -2.46. The van der Waals surface area contributed by atoms with E-state index in [2.05, 4.69) is 26.0 Å². The monoisotopic (exact) mass is 1550 g/mol. The highest BCUT2D eigenvalue weighted by atomic mass is 16.7. The molecule has 4 N–H and O–H groups in total. The van der Waals surface area contributed by atoms with E-state index in [4.69, 9.17) is 47.4 Å². The van der Waals surface area contributed by atoms with E-state index < -0.39 is 144 Å². The summed E-state index contributed by atoms with van der Waals surface area (Å²) in [6.07, 6.45) is 14.2. The average Bonchev–Trinajstić information content (AvgIpc) is 1.16.